The van der Waals surface area contributed by atoms with Crippen molar-refractivity contribution in [1.29, 1.82) is 0 Å². The summed E-state index contributed by atoms with van der Waals surface area (Å²) in [6.07, 6.45) is -0.264. The average Bonchev–Trinajstić information content (AvgIpc) is 2.69. The fourth-order valence-electron chi connectivity index (χ4n) is 2.10. The second-order valence-corrected chi connectivity index (χ2v) is 5.28. The molecule has 1 aromatic carbocycles. The molecule has 2 aliphatic heterocycles. The van der Waals surface area contributed by atoms with Gasteiger partial charge in [0, 0.05) is 0 Å². The first-order valence-corrected chi connectivity index (χ1v) is 8.02. The average molecular weight is 354 g/mol. The van der Waals surface area contributed by atoms with E-state index in [1.165, 1.54) is 24.3 Å². The molecular formula is C17H22O8. The van der Waals surface area contributed by atoms with Crippen molar-refractivity contribution in [2.24, 2.45) is 0 Å². The zero-order valence-electron chi connectivity index (χ0n) is 13.8. The van der Waals surface area contributed by atoms with Gasteiger partial charge in [0.25, 0.3) is 0 Å². The van der Waals surface area contributed by atoms with E-state index < -0.39 is 11.9 Å². The number of carbonyl (C=O) groups is 2. The van der Waals surface area contributed by atoms with E-state index in [-0.39, 0.29) is 23.8 Å². The van der Waals surface area contributed by atoms with Gasteiger partial charge in [-0.3, -0.25) is 0 Å². The highest BCUT2D eigenvalue weighted by Gasteiger charge is 2.17. The van der Waals surface area contributed by atoms with Crippen LogP contribution in [0.3, 0.4) is 0 Å². The van der Waals surface area contributed by atoms with Crippen LogP contribution in [-0.2, 0) is 23.7 Å². The zero-order valence-corrected chi connectivity index (χ0v) is 13.8. The van der Waals surface area contributed by atoms with E-state index >= 15 is 0 Å². The van der Waals surface area contributed by atoms with Gasteiger partial charge < -0.3 is 28.8 Å². The summed E-state index contributed by atoms with van der Waals surface area (Å²) in [5.74, 6) is -1.66. The Morgan fingerprint density at radius 2 is 1.64 bits per heavy atom. The first-order chi connectivity index (χ1) is 12.2. The van der Waals surface area contributed by atoms with E-state index in [1.54, 1.807) is 0 Å². The third kappa shape index (κ3) is 7.18. The van der Waals surface area contributed by atoms with Crippen molar-refractivity contribution in [3.63, 3.8) is 0 Å². The smallest absolute Gasteiger partial charge is 0.338 e. The van der Waals surface area contributed by atoms with E-state index in [0.717, 1.165) is 26.4 Å². The summed E-state index contributed by atoms with van der Waals surface area (Å²) < 4.78 is 25.5. The standard InChI is InChI=1S/C13H14O6.C4H8O2/c14-12(15)9-2-1-3-10(6-9)13(16)19-8-11-7-17-4-5-18-11;1-2-6-4-3-5-1/h1-3,6,11H,4-5,7-8H2,(H,14,15);1-4H2. The minimum absolute atomic E-state index is 0.0479. The molecule has 0 spiro atoms. The van der Waals surface area contributed by atoms with Crippen LogP contribution in [0.4, 0.5) is 0 Å². The Morgan fingerprint density at radius 3 is 2.20 bits per heavy atom. The predicted molar refractivity (Wildman–Crippen MR) is 85.9 cm³/mol. The summed E-state index contributed by atoms with van der Waals surface area (Å²) in [6.45, 7) is 4.63. The molecule has 2 saturated heterocycles. The van der Waals surface area contributed by atoms with Gasteiger partial charge in [0.2, 0.25) is 0 Å². The largest absolute Gasteiger partial charge is 0.478 e. The lowest BCUT2D eigenvalue weighted by Gasteiger charge is -2.22. The van der Waals surface area contributed by atoms with E-state index in [4.69, 9.17) is 28.8 Å². The number of rotatable bonds is 4. The number of carbonyl (C=O) groups excluding carboxylic acids is 1. The Morgan fingerprint density at radius 1 is 1.00 bits per heavy atom. The lowest BCUT2D eigenvalue weighted by Crippen LogP contribution is -2.33. The summed E-state index contributed by atoms with van der Waals surface area (Å²) in [7, 11) is 0. The third-order valence-electron chi connectivity index (χ3n) is 3.37. The fourth-order valence-corrected chi connectivity index (χ4v) is 2.10. The summed E-state index contributed by atoms with van der Waals surface area (Å²) in [6, 6.07) is 5.70. The molecule has 1 atom stereocenters. The van der Waals surface area contributed by atoms with E-state index in [2.05, 4.69) is 0 Å². The Balaban J connectivity index is 0.000000316. The van der Waals surface area contributed by atoms with Gasteiger partial charge >= 0.3 is 11.9 Å². The van der Waals surface area contributed by atoms with Crippen LogP contribution in [0.5, 0.6) is 0 Å². The normalized spacial score (nSPS) is 20.1. The van der Waals surface area contributed by atoms with Gasteiger partial charge in [0.1, 0.15) is 12.7 Å². The highest BCUT2D eigenvalue weighted by molar-refractivity contribution is 5.94. The number of ether oxygens (including phenoxy) is 5. The monoisotopic (exact) mass is 354 g/mol. The Labute approximate surface area is 145 Å². The lowest BCUT2D eigenvalue weighted by atomic mass is 10.1. The van der Waals surface area contributed by atoms with Crippen molar-refractivity contribution in [2.75, 3.05) is 52.9 Å². The molecule has 2 heterocycles. The molecule has 25 heavy (non-hydrogen) atoms. The van der Waals surface area contributed by atoms with Crippen LogP contribution >= 0.6 is 0 Å². The molecule has 8 heteroatoms. The van der Waals surface area contributed by atoms with E-state index in [1.807, 2.05) is 0 Å². The maximum Gasteiger partial charge on any atom is 0.338 e. The van der Waals surface area contributed by atoms with Crippen molar-refractivity contribution >= 4 is 11.9 Å². The van der Waals surface area contributed by atoms with Gasteiger partial charge in [-0.15, -0.1) is 0 Å². The molecule has 1 N–H and O–H groups in total. The molecule has 0 aromatic heterocycles. The molecular weight excluding hydrogens is 332 g/mol. The first-order valence-electron chi connectivity index (χ1n) is 8.02. The number of carboxylic acid groups (broad SMARTS) is 1. The second-order valence-electron chi connectivity index (χ2n) is 5.28. The summed E-state index contributed by atoms with van der Waals surface area (Å²) in [4.78, 5) is 22.5. The van der Waals surface area contributed by atoms with Gasteiger partial charge in [0.15, 0.2) is 0 Å². The predicted octanol–water partition coefficient (Wildman–Crippen LogP) is 0.990. The summed E-state index contributed by atoms with van der Waals surface area (Å²) in [5.41, 5.74) is 0.253. The van der Waals surface area contributed by atoms with Crippen LogP contribution in [0, 0.1) is 0 Å². The SMILES string of the molecule is C1COCCO1.O=C(O)c1cccc(C(=O)OCC2COCCO2)c1. The minimum Gasteiger partial charge on any atom is -0.478 e. The maximum atomic E-state index is 11.8. The number of aromatic carboxylic acids is 1. The second kappa shape index (κ2) is 10.8. The molecule has 1 aromatic rings. The molecule has 0 saturated carbocycles. The number of esters is 1. The highest BCUT2D eigenvalue weighted by atomic mass is 16.6. The van der Waals surface area contributed by atoms with Crippen molar-refractivity contribution in [3.8, 4) is 0 Å². The number of carboxylic acids is 1. The van der Waals surface area contributed by atoms with Gasteiger partial charge in [-0.05, 0) is 18.2 Å². The zero-order chi connectivity index (χ0) is 17.9. The van der Waals surface area contributed by atoms with Gasteiger partial charge in [-0.25, -0.2) is 9.59 Å². The molecule has 8 nitrogen and oxygen atoms in total. The molecule has 2 aliphatic rings. The van der Waals surface area contributed by atoms with Crippen LogP contribution in [-0.4, -0.2) is 76.0 Å². The molecule has 1 unspecified atom stereocenters. The first kappa shape index (κ1) is 19.3. The highest BCUT2D eigenvalue weighted by Crippen LogP contribution is 2.08. The molecule has 0 radical (unpaired) electrons. The van der Waals surface area contributed by atoms with Crippen LogP contribution in [0.1, 0.15) is 20.7 Å². The Hall–Kier alpha value is -2.00. The maximum absolute atomic E-state index is 11.8. The Kier molecular flexibility index (Phi) is 8.33. The fraction of sp³-hybridized carbons (Fsp3) is 0.529. The molecule has 0 aliphatic carbocycles. The number of benzene rings is 1. The van der Waals surface area contributed by atoms with Crippen LogP contribution in [0.2, 0.25) is 0 Å². The van der Waals surface area contributed by atoms with E-state index in [9.17, 15) is 9.59 Å². The lowest BCUT2D eigenvalue weighted by molar-refractivity contribution is -0.107. The Bertz CT molecular complexity index is 538. The molecule has 138 valence electrons. The number of hydrogen-bond donors (Lipinski definition) is 1. The molecule has 3 rings (SSSR count). The molecule has 0 bridgehead atoms. The quantitative estimate of drug-likeness (QED) is 0.799. The van der Waals surface area contributed by atoms with Crippen molar-refractivity contribution in [1.82, 2.24) is 0 Å². The van der Waals surface area contributed by atoms with Gasteiger partial charge in [0.05, 0.1) is 57.4 Å². The molecule has 2 fully saturated rings. The van der Waals surface area contributed by atoms with Crippen molar-refractivity contribution in [2.45, 2.75) is 6.10 Å². The van der Waals surface area contributed by atoms with Crippen LogP contribution in [0.25, 0.3) is 0 Å². The number of hydrogen-bond acceptors (Lipinski definition) is 7. The van der Waals surface area contributed by atoms with E-state index in [0.29, 0.717) is 19.8 Å². The molecule has 0 amide bonds. The summed E-state index contributed by atoms with van der Waals surface area (Å²) in [5, 5.41) is 8.84. The van der Waals surface area contributed by atoms with Crippen LogP contribution < -0.4 is 0 Å². The van der Waals surface area contributed by atoms with Crippen molar-refractivity contribution < 1.29 is 38.4 Å². The van der Waals surface area contributed by atoms with Crippen molar-refractivity contribution in [3.05, 3.63) is 35.4 Å². The minimum atomic E-state index is -1.08. The van der Waals surface area contributed by atoms with Crippen LogP contribution in [0.15, 0.2) is 24.3 Å². The van der Waals surface area contributed by atoms with Gasteiger partial charge in [-0.2, -0.15) is 0 Å². The third-order valence-corrected chi connectivity index (χ3v) is 3.37. The van der Waals surface area contributed by atoms with Gasteiger partial charge in [-0.1, -0.05) is 6.07 Å². The topological polar surface area (TPSA) is 101 Å². The summed E-state index contributed by atoms with van der Waals surface area (Å²) >= 11 is 0.